The van der Waals surface area contributed by atoms with E-state index in [9.17, 15) is 0 Å². The molecular formula is C19H40N4. The lowest BCUT2D eigenvalue weighted by Crippen LogP contribution is -2.36. The molecule has 0 radical (unpaired) electrons. The van der Waals surface area contributed by atoms with Crippen molar-refractivity contribution in [2.75, 3.05) is 65.4 Å². The Morgan fingerprint density at radius 2 is 1.22 bits per heavy atom. The zero-order valence-electron chi connectivity index (χ0n) is 15.5. The van der Waals surface area contributed by atoms with Gasteiger partial charge in [-0.3, -0.25) is 0 Å². The molecule has 2 aliphatic rings. The zero-order valence-corrected chi connectivity index (χ0v) is 15.5. The summed E-state index contributed by atoms with van der Waals surface area (Å²) in [5.74, 6) is 0.949. The molecule has 2 rings (SSSR count). The van der Waals surface area contributed by atoms with Crippen LogP contribution in [0.5, 0.6) is 0 Å². The molecule has 0 amide bonds. The van der Waals surface area contributed by atoms with Crippen LogP contribution in [0.3, 0.4) is 0 Å². The van der Waals surface area contributed by atoms with Crippen LogP contribution in [0.4, 0.5) is 0 Å². The van der Waals surface area contributed by atoms with Gasteiger partial charge in [0, 0.05) is 13.1 Å². The highest BCUT2D eigenvalue weighted by molar-refractivity contribution is 4.69. The van der Waals surface area contributed by atoms with Crippen molar-refractivity contribution in [1.29, 1.82) is 0 Å². The van der Waals surface area contributed by atoms with Crippen LogP contribution in [-0.2, 0) is 0 Å². The molecule has 23 heavy (non-hydrogen) atoms. The van der Waals surface area contributed by atoms with E-state index in [1.54, 1.807) is 0 Å². The molecule has 2 N–H and O–H groups in total. The Hall–Kier alpha value is -0.160. The predicted molar refractivity (Wildman–Crippen MR) is 100 cm³/mol. The summed E-state index contributed by atoms with van der Waals surface area (Å²) in [7, 11) is 0. The number of hydrogen-bond donors (Lipinski definition) is 2. The fourth-order valence-corrected chi connectivity index (χ4v) is 3.75. The van der Waals surface area contributed by atoms with Gasteiger partial charge < -0.3 is 20.4 Å². The molecule has 4 nitrogen and oxygen atoms in total. The van der Waals surface area contributed by atoms with Crippen molar-refractivity contribution in [2.24, 2.45) is 5.92 Å². The summed E-state index contributed by atoms with van der Waals surface area (Å²) in [6, 6.07) is 0. The predicted octanol–water partition coefficient (Wildman–Crippen LogP) is 2.16. The van der Waals surface area contributed by atoms with Gasteiger partial charge in [0.2, 0.25) is 0 Å². The van der Waals surface area contributed by atoms with E-state index < -0.39 is 0 Å². The lowest BCUT2D eigenvalue weighted by molar-refractivity contribution is 0.190. The number of likely N-dealkylation sites (tertiary alicyclic amines) is 2. The van der Waals surface area contributed by atoms with E-state index in [1.807, 2.05) is 0 Å². The Morgan fingerprint density at radius 3 is 1.78 bits per heavy atom. The minimum atomic E-state index is 0.949. The normalized spacial score (nSPS) is 21.8. The highest BCUT2D eigenvalue weighted by Gasteiger charge is 2.14. The maximum Gasteiger partial charge on any atom is 0.00767 e. The van der Waals surface area contributed by atoms with Crippen molar-refractivity contribution >= 4 is 0 Å². The molecule has 0 bridgehead atoms. The van der Waals surface area contributed by atoms with Crippen LogP contribution < -0.4 is 10.6 Å². The molecule has 136 valence electrons. The number of nitrogens with zero attached hydrogens (tertiary/aromatic N) is 2. The number of rotatable bonds is 11. The molecule has 2 aliphatic heterocycles. The van der Waals surface area contributed by atoms with E-state index in [1.165, 1.54) is 97.3 Å². The summed E-state index contributed by atoms with van der Waals surface area (Å²) >= 11 is 0. The molecular weight excluding hydrogens is 284 g/mol. The molecule has 0 atom stereocenters. The summed E-state index contributed by atoms with van der Waals surface area (Å²) in [6.07, 6.45) is 9.65. The lowest BCUT2D eigenvalue weighted by atomic mass is 9.99. The highest BCUT2D eigenvalue weighted by Crippen LogP contribution is 2.15. The fraction of sp³-hybridized carbons (Fsp3) is 1.00. The molecule has 2 saturated heterocycles. The maximum atomic E-state index is 3.57. The first kappa shape index (κ1) is 19.2. The van der Waals surface area contributed by atoms with Crippen LogP contribution in [0.2, 0.25) is 0 Å². The third kappa shape index (κ3) is 9.04. The van der Waals surface area contributed by atoms with Crippen molar-refractivity contribution in [3.63, 3.8) is 0 Å². The van der Waals surface area contributed by atoms with Gasteiger partial charge in [-0.15, -0.1) is 0 Å². The summed E-state index contributed by atoms with van der Waals surface area (Å²) in [4.78, 5) is 5.27. The highest BCUT2D eigenvalue weighted by atomic mass is 15.1. The second kappa shape index (κ2) is 12.2. The molecule has 0 unspecified atom stereocenters. The summed E-state index contributed by atoms with van der Waals surface area (Å²) in [5.41, 5.74) is 0. The zero-order chi connectivity index (χ0) is 16.2. The van der Waals surface area contributed by atoms with Crippen LogP contribution >= 0.6 is 0 Å². The molecule has 0 spiro atoms. The first-order valence-corrected chi connectivity index (χ1v) is 10.2. The van der Waals surface area contributed by atoms with E-state index in [2.05, 4.69) is 27.4 Å². The summed E-state index contributed by atoms with van der Waals surface area (Å²) in [6.45, 7) is 14.8. The topological polar surface area (TPSA) is 30.5 Å². The summed E-state index contributed by atoms with van der Waals surface area (Å²) < 4.78 is 0. The number of nitrogens with one attached hydrogen (secondary N) is 2. The number of hydrogen-bond acceptors (Lipinski definition) is 4. The fourth-order valence-electron chi connectivity index (χ4n) is 3.75. The standard InChI is InChI=1S/C19H40N4/c1-19-7-17-23(18-8-19)16-6-10-21-12-11-20-9-5-15-22-13-3-2-4-14-22/h19-21H,2-18H2,1H3. The SMILES string of the molecule is CC1CCN(CCCNCCNCCCN2CCCCC2)CC1. The Bertz CT molecular complexity index is 271. The molecule has 2 fully saturated rings. The van der Waals surface area contributed by atoms with Gasteiger partial charge in [0.1, 0.15) is 0 Å². The van der Waals surface area contributed by atoms with Gasteiger partial charge in [-0.05, 0) is 96.8 Å². The van der Waals surface area contributed by atoms with Crippen molar-refractivity contribution in [2.45, 2.75) is 51.9 Å². The minimum absolute atomic E-state index is 0.949. The van der Waals surface area contributed by atoms with Crippen LogP contribution in [0.15, 0.2) is 0 Å². The van der Waals surface area contributed by atoms with Crippen LogP contribution in [0.25, 0.3) is 0 Å². The maximum absolute atomic E-state index is 3.57. The molecule has 0 saturated carbocycles. The van der Waals surface area contributed by atoms with Gasteiger partial charge in [0.25, 0.3) is 0 Å². The second-order valence-corrected chi connectivity index (χ2v) is 7.63. The quantitative estimate of drug-likeness (QED) is 0.570. The van der Waals surface area contributed by atoms with E-state index in [0.29, 0.717) is 0 Å². The van der Waals surface area contributed by atoms with Gasteiger partial charge in [0.15, 0.2) is 0 Å². The van der Waals surface area contributed by atoms with Gasteiger partial charge in [-0.25, -0.2) is 0 Å². The van der Waals surface area contributed by atoms with E-state index in [4.69, 9.17) is 0 Å². The Kier molecular flexibility index (Phi) is 10.2. The average Bonchev–Trinajstić information content (AvgIpc) is 2.59. The average molecular weight is 325 g/mol. The monoisotopic (exact) mass is 324 g/mol. The minimum Gasteiger partial charge on any atom is -0.315 e. The van der Waals surface area contributed by atoms with E-state index in [0.717, 1.165) is 19.0 Å². The lowest BCUT2D eigenvalue weighted by Gasteiger charge is -2.30. The molecule has 2 heterocycles. The molecule has 0 aliphatic carbocycles. The third-order valence-electron chi connectivity index (χ3n) is 5.46. The Labute approximate surface area is 144 Å². The Morgan fingerprint density at radius 1 is 0.696 bits per heavy atom. The first-order valence-electron chi connectivity index (χ1n) is 10.2. The molecule has 0 aromatic heterocycles. The smallest absolute Gasteiger partial charge is 0.00767 e. The van der Waals surface area contributed by atoms with E-state index in [-0.39, 0.29) is 0 Å². The number of piperidine rings is 2. The molecule has 0 aromatic rings. The largest absolute Gasteiger partial charge is 0.315 e. The van der Waals surface area contributed by atoms with Gasteiger partial charge >= 0.3 is 0 Å². The van der Waals surface area contributed by atoms with Crippen molar-refractivity contribution in [3.05, 3.63) is 0 Å². The van der Waals surface area contributed by atoms with Gasteiger partial charge in [0.05, 0.1) is 0 Å². The van der Waals surface area contributed by atoms with Crippen LogP contribution in [0.1, 0.15) is 51.9 Å². The second-order valence-electron chi connectivity index (χ2n) is 7.63. The van der Waals surface area contributed by atoms with Crippen molar-refractivity contribution < 1.29 is 0 Å². The van der Waals surface area contributed by atoms with Crippen LogP contribution in [0, 0.1) is 5.92 Å². The van der Waals surface area contributed by atoms with Gasteiger partial charge in [-0.1, -0.05) is 13.3 Å². The third-order valence-corrected chi connectivity index (χ3v) is 5.46. The van der Waals surface area contributed by atoms with Gasteiger partial charge in [-0.2, -0.15) is 0 Å². The summed E-state index contributed by atoms with van der Waals surface area (Å²) in [5, 5.41) is 7.14. The first-order chi connectivity index (χ1) is 11.3. The van der Waals surface area contributed by atoms with E-state index >= 15 is 0 Å². The molecule has 4 heteroatoms. The molecule has 0 aromatic carbocycles. The Balaban J connectivity index is 1.29. The van der Waals surface area contributed by atoms with Crippen LogP contribution in [-0.4, -0.2) is 75.2 Å². The van der Waals surface area contributed by atoms with Crippen molar-refractivity contribution in [1.82, 2.24) is 20.4 Å². The van der Waals surface area contributed by atoms with Crippen molar-refractivity contribution in [3.8, 4) is 0 Å².